The van der Waals surface area contributed by atoms with Gasteiger partial charge in [0.1, 0.15) is 5.52 Å². The first-order valence-electron chi connectivity index (χ1n) is 5.95. The second-order valence-corrected chi connectivity index (χ2v) is 5.38. The van der Waals surface area contributed by atoms with Gasteiger partial charge in [0, 0.05) is 39.3 Å². The van der Waals surface area contributed by atoms with Gasteiger partial charge in [-0.1, -0.05) is 47.5 Å². The maximum Gasteiger partial charge on any atom is 0.100 e. The van der Waals surface area contributed by atoms with Crippen molar-refractivity contribution >= 4 is 46.5 Å². The van der Waals surface area contributed by atoms with Gasteiger partial charge in [0.2, 0.25) is 0 Å². The Bertz CT molecular complexity index is 778. The minimum atomic E-state index is 0. The minimum absolute atomic E-state index is 0. The summed E-state index contributed by atoms with van der Waals surface area (Å²) < 4.78 is 1.89. The Morgan fingerprint density at radius 3 is 2.50 bits per heavy atom. The fraction of sp³-hybridized carbons (Fsp3) is 0.133. The predicted molar refractivity (Wildman–Crippen MR) is 88.2 cm³/mol. The van der Waals surface area contributed by atoms with Crippen LogP contribution in [0.5, 0.6) is 0 Å². The van der Waals surface area contributed by atoms with E-state index in [0.29, 0.717) is 10.0 Å². The van der Waals surface area contributed by atoms with Crippen molar-refractivity contribution in [2.45, 2.75) is 6.92 Å². The third kappa shape index (κ3) is 2.39. The summed E-state index contributed by atoms with van der Waals surface area (Å²) in [5.74, 6) is 0. The molecule has 5 heteroatoms. The molecule has 104 valence electrons. The van der Waals surface area contributed by atoms with Crippen LogP contribution >= 0.6 is 35.6 Å². The van der Waals surface area contributed by atoms with Crippen LogP contribution in [0.15, 0.2) is 36.4 Å². The quantitative estimate of drug-likeness (QED) is 0.595. The zero-order valence-corrected chi connectivity index (χ0v) is 13.4. The molecule has 0 saturated heterocycles. The van der Waals surface area contributed by atoms with Crippen LogP contribution < -0.4 is 0 Å². The Morgan fingerprint density at radius 2 is 1.80 bits per heavy atom. The minimum Gasteiger partial charge on any atom is -0.272 e. The lowest BCUT2D eigenvalue weighted by Crippen LogP contribution is -1.91. The zero-order chi connectivity index (χ0) is 13.6. The molecule has 3 rings (SSSR count). The Labute approximate surface area is 133 Å². The molecule has 2 aromatic carbocycles. The van der Waals surface area contributed by atoms with E-state index in [0.717, 1.165) is 27.7 Å². The SMILES string of the molecule is Cc1c2cccc(-c3ccc(Cl)cc3Cl)c2nn1C.Cl. The lowest BCUT2D eigenvalue weighted by Gasteiger charge is -2.05. The first kappa shape index (κ1) is 15.2. The summed E-state index contributed by atoms with van der Waals surface area (Å²) in [5.41, 5.74) is 4.09. The van der Waals surface area contributed by atoms with Crippen molar-refractivity contribution in [3.63, 3.8) is 0 Å². The van der Waals surface area contributed by atoms with Crippen LogP contribution in [-0.2, 0) is 7.05 Å². The molecule has 1 aromatic heterocycles. The number of rotatable bonds is 1. The van der Waals surface area contributed by atoms with E-state index in [9.17, 15) is 0 Å². The van der Waals surface area contributed by atoms with Gasteiger partial charge in [-0.05, 0) is 19.1 Å². The molecule has 0 spiro atoms. The lowest BCUT2D eigenvalue weighted by atomic mass is 10.0. The largest absolute Gasteiger partial charge is 0.272 e. The molecule has 0 saturated carbocycles. The molecule has 0 aliphatic carbocycles. The van der Waals surface area contributed by atoms with Crippen LogP contribution in [0.4, 0.5) is 0 Å². The fourth-order valence-corrected chi connectivity index (χ4v) is 2.78. The molecule has 0 radical (unpaired) electrons. The molecule has 2 nitrogen and oxygen atoms in total. The highest BCUT2D eigenvalue weighted by atomic mass is 35.5. The summed E-state index contributed by atoms with van der Waals surface area (Å²) in [6.07, 6.45) is 0. The van der Waals surface area contributed by atoms with Gasteiger partial charge in [-0.25, -0.2) is 0 Å². The molecule has 0 bridgehead atoms. The molecule has 20 heavy (non-hydrogen) atoms. The number of benzene rings is 2. The van der Waals surface area contributed by atoms with Crippen molar-refractivity contribution in [2.75, 3.05) is 0 Å². The molecule has 0 unspecified atom stereocenters. The van der Waals surface area contributed by atoms with E-state index in [-0.39, 0.29) is 12.4 Å². The summed E-state index contributed by atoms with van der Waals surface area (Å²) in [5, 5.41) is 7.00. The van der Waals surface area contributed by atoms with Crippen LogP contribution in [0, 0.1) is 6.92 Å². The Balaban J connectivity index is 0.00000147. The van der Waals surface area contributed by atoms with Crippen molar-refractivity contribution in [1.82, 2.24) is 9.78 Å². The van der Waals surface area contributed by atoms with Crippen molar-refractivity contribution in [1.29, 1.82) is 0 Å². The van der Waals surface area contributed by atoms with Gasteiger partial charge in [0.05, 0.1) is 0 Å². The van der Waals surface area contributed by atoms with Gasteiger partial charge < -0.3 is 0 Å². The smallest absolute Gasteiger partial charge is 0.100 e. The summed E-state index contributed by atoms with van der Waals surface area (Å²) in [6, 6.07) is 11.7. The van der Waals surface area contributed by atoms with Crippen molar-refractivity contribution in [3.05, 3.63) is 52.1 Å². The van der Waals surface area contributed by atoms with Gasteiger partial charge in [-0.3, -0.25) is 4.68 Å². The number of nitrogens with zero attached hydrogens (tertiary/aromatic N) is 2. The highest BCUT2D eigenvalue weighted by Crippen LogP contribution is 2.35. The molecule has 0 fully saturated rings. The summed E-state index contributed by atoms with van der Waals surface area (Å²) in [4.78, 5) is 0. The van der Waals surface area contributed by atoms with Crippen molar-refractivity contribution in [2.24, 2.45) is 7.05 Å². The van der Waals surface area contributed by atoms with E-state index in [1.165, 1.54) is 0 Å². The summed E-state index contributed by atoms with van der Waals surface area (Å²) in [7, 11) is 1.95. The van der Waals surface area contributed by atoms with Crippen LogP contribution in [0.2, 0.25) is 10.0 Å². The number of aromatic nitrogens is 2. The molecule has 0 aliphatic heterocycles. The average Bonchev–Trinajstić information content (AvgIpc) is 2.66. The number of aryl methyl sites for hydroxylation is 2. The van der Waals surface area contributed by atoms with E-state index in [4.69, 9.17) is 23.2 Å². The number of halogens is 3. The van der Waals surface area contributed by atoms with Gasteiger partial charge >= 0.3 is 0 Å². The maximum absolute atomic E-state index is 6.29. The van der Waals surface area contributed by atoms with Crippen LogP contribution in [0.25, 0.3) is 22.0 Å². The van der Waals surface area contributed by atoms with E-state index in [1.807, 2.05) is 36.0 Å². The summed E-state index contributed by atoms with van der Waals surface area (Å²) >= 11 is 12.2. The first-order chi connectivity index (χ1) is 9.08. The molecule has 0 N–H and O–H groups in total. The van der Waals surface area contributed by atoms with Gasteiger partial charge in [0.25, 0.3) is 0 Å². The Kier molecular flexibility index (Phi) is 4.28. The van der Waals surface area contributed by atoms with Gasteiger partial charge in [0.15, 0.2) is 0 Å². The highest BCUT2D eigenvalue weighted by Gasteiger charge is 2.12. The average molecular weight is 328 g/mol. The number of hydrogen-bond donors (Lipinski definition) is 0. The maximum atomic E-state index is 6.29. The van der Waals surface area contributed by atoms with Gasteiger partial charge in [-0.15, -0.1) is 12.4 Å². The van der Waals surface area contributed by atoms with E-state index >= 15 is 0 Å². The van der Waals surface area contributed by atoms with Crippen LogP contribution in [-0.4, -0.2) is 9.78 Å². The molecule has 1 heterocycles. The van der Waals surface area contributed by atoms with Crippen molar-refractivity contribution in [3.8, 4) is 11.1 Å². The standard InChI is InChI=1S/C15H12Cl2N2.ClH/c1-9-11-4-3-5-13(15(11)18-19(9)2)12-7-6-10(16)8-14(12)17;/h3-8H,1-2H3;1H. The Hall–Kier alpha value is -1.22. The molecular weight excluding hydrogens is 315 g/mol. The van der Waals surface area contributed by atoms with Gasteiger partial charge in [-0.2, -0.15) is 5.10 Å². The molecule has 3 aromatic rings. The fourth-order valence-electron chi connectivity index (χ4n) is 2.27. The summed E-state index contributed by atoms with van der Waals surface area (Å²) in [6.45, 7) is 2.06. The van der Waals surface area contributed by atoms with Crippen LogP contribution in [0.1, 0.15) is 5.69 Å². The zero-order valence-electron chi connectivity index (χ0n) is 11.0. The van der Waals surface area contributed by atoms with E-state index < -0.39 is 0 Å². The molecule has 0 amide bonds. The highest BCUT2D eigenvalue weighted by molar-refractivity contribution is 6.36. The predicted octanol–water partition coefficient (Wildman–Crippen LogP) is 5.28. The number of hydrogen-bond acceptors (Lipinski definition) is 1. The lowest BCUT2D eigenvalue weighted by molar-refractivity contribution is 0.751. The van der Waals surface area contributed by atoms with E-state index in [1.54, 1.807) is 6.07 Å². The molecular formula is C15H13Cl3N2. The molecule has 0 aliphatic rings. The normalized spacial score (nSPS) is 10.6. The third-order valence-corrected chi connectivity index (χ3v) is 3.93. The van der Waals surface area contributed by atoms with Crippen molar-refractivity contribution < 1.29 is 0 Å². The second kappa shape index (κ2) is 5.65. The number of fused-ring (bicyclic) bond motifs is 1. The second-order valence-electron chi connectivity index (χ2n) is 4.53. The topological polar surface area (TPSA) is 17.8 Å². The molecule has 0 atom stereocenters. The van der Waals surface area contributed by atoms with E-state index in [2.05, 4.69) is 18.1 Å². The van der Waals surface area contributed by atoms with Crippen LogP contribution in [0.3, 0.4) is 0 Å². The first-order valence-corrected chi connectivity index (χ1v) is 6.71. The third-order valence-electron chi connectivity index (χ3n) is 3.38. The monoisotopic (exact) mass is 326 g/mol. The Morgan fingerprint density at radius 1 is 1.05 bits per heavy atom.